The van der Waals surface area contributed by atoms with E-state index in [1.54, 1.807) is 0 Å². The highest BCUT2D eigenvalue weighted by Gasteiger charge is 2.32. The summed E-state index contributed by atoms with van der Waals surface area (Å²) in [6.45, 7) is 6.15. The van der Waals surface area contributed by atoms with Crippen LogP contribution in [0.3, 0.4) is 0 Å². The van der Waals surface area contributed by atoms with Crippen LogP contribution < -0.4 is 14.8 Å². The fourth-order valence-electron chi connectivity index (χ4n) is 3.40. The van der Waals surface area contributed by atoms with Crippen molar-refractivity contribution in [3.05, 3.63) is 23.8 Å². The van der Waals surface area contributed by atoms with Gasteiger partial charge in [-0.2, -0.15) is 0 Å². The maximum absolute atomic E-state index is 5.90. The predicted octanol–water partition coefficient (Wildman–Crippen LogP) is 1.80. The summed E-state index contributed by atoms with van der Waals surface area (Å²) in [6.07, 6.45) is 3.97. The van der Waals surface area contributed by atoms with Gasteiger partial charge in [0.2, 0.25) is 0 Å². The Bertz CT molecular complexity index is 533. The first-order chi connectivity index (χ1) is 11.4. The molecule has 1 N–H and O–H groups in total. The summed E-state index contributed by atoms with van der Waals surface area (Å²) in [5, 5.41) is 3.53. The van der Waals surface area contributed by atoms with Crippen molar-refractivity contribution in [1.82, 2.24) is 10.2 Å². The molecule has 5 heteroatoms. The molecule has 1 saturated heterocycles. The molecule has 0 aromatic heterocycles. The lowest BCUT2D eigenvalue weighted by atomic mass is 10.1. The minimum absolute atomic E-state index is 0.295. The van der Waals surface area contributed by atoms with Crippen molar-refractivity contribution in [3.8, 4) is 11.5 Å². The van der Waals surface area contributed by atoms with Gasteiger partial charge in [0.15, 0.2) is 11.5 Å². The Kier molecular flexibility index (Phi) is 4.69. The molecule has 0 radical (unpaired) electrons. The number of hydrogen-bond donors (Lipinski definition) is 1. The number of benzene rings is 1. The summed E-state index contributed by atoms with van der Waals surface area (Å²) in [7, 11) is 0. The van der Waals surface area contributed by atoms with Gasteiger partial charge in [0.25, 0.3) is 0 Å². The first-order valence-electron chi connectivity index (χ1n) is 8.84. The van der Waals surface area contributed by atoms with Crippen LogP contribution in [-0.2, 0) is 11.3 Å². The van der Waals surface area contributed by atoms with E-state index < -0.39 is 0 Å². The number of fused-ring (bicyclic) bond motifs is 1. The van der Waals surface area contributed by atoms with Crippen molar-refractivity contribution in [1.29, 1.82) is 0 Å². The molecule has 5 nitrogen and oxygen atoms in total. The maximum Gasteiger partial charge on any atom is 0.165 e. The van der Waals surface area contributed by atoms with Crippen molar-refractivity contribution >= 4 is 0 Å². The van der Waals surface area contributed by atoms with E-state index in [4.69, 9.17) is 14.2 Å². The van der Waals surface area contributed by atoms with Gasteiger partial charge in [-0.1, -0.05) is 12.1 Å². The number of para-hydroxylation sites is 1. The van der Waals surface area contributed by atoms with Gasteiger partial charge in [-0.3, -0.25) is 4.90 Å². The zero-order valence-corrected chi connectivity index (χ0v) is 13.6. The van der Waals surface area contributed by atoms with Crippen LogP contribution in [0.5, 0.6) is 11.5 Å². The molecule has 1 saturated carbocycles. The molecule has 2 fully saturated rings. The average molecular weight is 318 g/mol. The molecule has 3 aliphatic rings. The largest absolute Gasteiger partial charge is 0.490 e. The molecule has 0 bridgehead atoms. The third-order valence-electron chi connectivity index (χ3n) is 4.77. The summed E-state index contributed by atoms with van der Waals surface area (Å²) >= 11 is 0. The van der Waals surface area contributed by atoms with Crippen molar-refractivity contribution in [2.24, 2.45) is 0 Å². The Hall–Kier alpha value is -1.30. The van der Waals surface area contributed by atoms with Gasteiger partial charge >= 0.3 is 0 Å². The standard InChI is InChI=1S/C18H26N2O3/c1-3-14(18-17(4-1)22-8-2-9-23-18)11-19-12-16-13-20(7-10-21-16)15-5-6-15/h1,3-4,15-16,19H,2,5-13H2/t16-/m1/s1. The zero-order valence-electron chi connectivity index (χ0n) is 13.6. The van der Waals surface area contributed by atoms with Gasteiger partial charge in [-0.15, -0.1) is 0 Å². The highest BCUT2D eigenvalue weighted by molar-refractivity contribution is 5.47. The molecule has 2 aliphatic heterocycles. The lowest BCUT2D eigenvalue weighted by molar-refractivity contribution is -0.0301. The molecule has 1 aliphatic carbocycles. The molecule has 1 atom stereocenters. The SMILES string of the molecule is c1cc(CNC[C@@H]2CN(C3CC3)CCO2)c2c(c1)OCCCO2. The molecule has 23 heavy (non-hydrogen) atoms. The van der Waals surface area contributed by atoms with E-state index in [1.807, 2.05) is 12.1 Å². The van der Waals surface area contributed by atoms with Crippen LogP contribution in [0.4, 0.5) is 0 Å². The number of nitrogens with one attached hydrogen (secondary N) is 1. The molecule has 0 amide bonds. The van der Waals surface area contributed by atoms with Gasteiger partial charge in [0, 0.05) is 44.2 Å². The first kappa shape index (κ1) is 15.2. The molecule has 1 aromatic carbocycles. The van der Waals surface area contributed by atoms with E-state index in [0.717, 1.165) is 70.0 Å². The molecule has 2 heterocycles. The summed E-state index contributed by atoms with van der Waals surface area (Å²) in [5.41, 5.74) is 1.17. The highest BCUT2D eigenvalue weighted by Crippen LogP contribution is 2.33. The number of hydrogen-bond acceptors (Lipinski definition) is 5. The Morgan fingerprint density at radius 3 is 2.96 bits per heavy atom. The number of rotatable bonds is 5. The van der Waals surface area contributed by atoms with E-state index >= 15 is 0 Å². The van der Waals surface area contributed by atoms with Crippen LogP contribution in [0.2, 0.25) is 0 Å². The van der Waals surface area contributed by atoms with E-state index in [0.29, 0.717) is 6.10 Å². The normalized spacial score (nSPS) is 25.1. The van der Waals surface area contributed by atoms with E-state index in [-0.39, 0.29) is 0 Å². The van der Waals surface area contributed by atoms with Crippen molar-refractivity contribution < 1.29 is 14.2 Å². The van der Waals surface area contributed by atoms with Crippen LogP contribution in [-0.4, -0.2) is 56.5 Å². The van der Waals surface area contributed by atoms with Gasteiger partial charge in [0.05, 0.1) is 25.9 Å². The van der Waals surface area contributed by atoms with Crippen molar-refractivity contribution in [3.63, 3.8) is 0 Å². The Labute approximate surface area is 137 Å². The molecule has 0 spiro atoms. The Balaban J connectivity index is 1.31. The monoisotopic (exact) mass is 318 g/mol. The molecule has 4 rings (SSSR count). The summed E-state index contributed by atoms with van der Waals surface area (Å²) < 4.78 is 17.5. The van der Waals surface area contributed by atoms with Crippen molar-refractivity contribution in [2.75, 3.05) is 39.5 Å². The quantitative estimate of drug-likeness (QED) is 0.897. The van der Waals surface area contributed by atoms with Crippen LogP contribution in [0.15, 0.2) is 18.2 Å². The maximum atomic E-state index is 5.90. The molecular weight excluding hydrogens is 292 g/mol. The second-order valence-corrected chi connectivity index (χ2v) is 6.64. The van der Waals surface area contributed by atoms with Crippen LogP contribution in [0.25, 0.3) is 0 Å². The fraction of sp³-hybridized carbons (Fsp3) is 0.667. The molecule has 126 valence electrons. The van der Waals surface area contributed by atoms with Crippen LogP contribution in [0, 0.1) is 0 Å². The Morgan fingerprint density at radius 1 is 1.13 bits per heavy atom. The van der Waals surface area contributed by atoms with Crippen molar-refractivity contribution in [2.45, 2.75) is 38.0 Å². The second kappa shape index (κ2) is 7.07. The smallest absolute Gasteiger partial charge is 0.165 e. The average Bonchev–Trinajstić information content (AvgIpc) is 3.42. The third-order valence-corrected chi connectivity index (χ3v) is 4.77. The first-order valence-corrected chi connectivity index (χ1v) is 8.84. The van der Waals surface area contributed by atoms with Crippen LogP contribution >= 0.6 is 0 Å². The minimum Gasteiger partial charge on any atom is -0.490 e. The van der Waals surface area contributed by atoms with Gasteiger partial charge < -0.3 is 19.5 Å². The predicted molar refractivity (Wildman–Crippen MR) is 88.1 cm³/mol. The topological polar surface area (TPSA) is 43.0 Å². The summed E-state index contributed by atoms with van der Waals surface area (Å²) in [5.74, 6) is 1.78. The lowest BCUT2D eigenvalue weighted by Crippen LogP contribution is -2.47. The fourth-order valence-corrected chi connectivity index (χ4v) is 3.40. The van der Waals surface area contributed by atoms with E-state index in [2.05, 4.69) is 16.3 Å². The molecule has 0 unspecified atom stereocenters. The second-order valence-electron chi connectivity index (χ2n) is 6.64. The van der Waals surface area contributed by atoms with Gasteiger partial charge in [-0.05, 0) is 18.9 Å². The highest BCUT2D eigenvalue weighted by atomic mass is 16.5. The summed E-state index contributed by atoms with van der Waals surface area (Å²) in [4.78, 5) is 2.58. The third kappa shape index (κ3) is 3.79. The summed E-state index contributed by atoms with van der Waals surface area (Å²) in [6, 6.07) is 6.97. The number of nitrogens with zero attached hydrogens (tertiary/aromatic N) is 1. The van der Waals surface area contributed by atoms with E-state index in [9.17, 15) is 0 Å². The Morgan fingerprint density at radius 2 is 2.04 bits per heavy atom. The van der Waals surface area contributed by atoms with Crippen LogP contribution in [0.1, 0.15) is 24.8 Å². The number of ether oxygens (including phenoxy) is 3. The zero-order chi connectivity index (χ0) is 15.5. The van der Waals surface area contributed by atoms with Gasteiger partial charge in [0.1, 0.15) is 0 Å². The van der Waals surface area contributed by atoms with Gasteiger partial charge in [-0.25, -0.2) is 0 Å². The lowest BCUT2D eigenvalue weighted by Gasteiger charge is -2.33. The molecule has 1 aromatic rings. The molecular formula is C18H26N2O3. The number of morpholine rings is 1. The minimum atomic E-state index is 0.295. The van der Waals surface area contributed by atoms with E-state index in [1.165, 1.54) is 18.4 Å².